The molecule has 4 heteroatoms. The Morgan fingerprint density at radius 2 is 1.80 bits per heavy atom. The molecule has 0 saturated carbocycles. The fourth-order valence-electron chi connectivity index (χ4n) is 2.07. The predicted molar refractivity (Wildman–Crippen MR) is 71.6 cm³/mol. The number of hydrogen-bond acceptors (Lipinski definition) is 4. The van der Waals surface area contributed by atoms with Crippen molar-refractivity contribution >= 4 is 5.78 Å². The smallest absolute Gasteiger partial charge is 0.198 e. The van der Waals surface area contributed by atoms with Crippen molar-refractivity contribution in [2.75, 3.05) is 0 Å². The molecule has 0 radical (unpaired) electrons. The molecule has 1 atom stereocenters. The second-order valence-electron chi connectivity index (χ2n) is 4.36. The van der Waals surface area contributed by atoms with Crippen molar-refractivity contribution in [1.29, 1.82) is 10.5 Å². The van der Waals surface area contributed by atoms with E-state index in [1.165, 1.54) is 6.26 Å². The number of ketones is 1. The van der Waals surface area contributed by atoms with Crippen molar-refractivity contribution in [3.63, 3.8) is 0 Å². The van der Waals surface area contributed by atoms with Crippen molar-refractivity contribution < 1.29 is 9.21 Å². The van der Waals surface area contributed by atoms with Crippen molar-refractivity contribution in [3.05, 3.63) is 60.1 Å². The van der Waals surface area contributed by atoms with Crippen LogP contribution in [0, 0.1) is 28.6 Å². The van der Waals surface area contributed by atoms with Gasteiger partial charge >= 0.3 is 0 Å². The van der Waals surface area contributed by atoms with Crippen molar-refractivity contribution in [1.82, 2.24) is 0 Å². The van der Waals surface area contributed by atoms with Gasteiger partial charge in [-0.05, 0) is 17.7 Å². The number of furan rings is 1. The first-order valence-corrected chi connectivity index (χ1v) is 6.17. The molecule has 0 spiro atoms. The predicted octanol–water partition coefficient (Wildman–Crippen LogP) is 3.30. The summed E-state index contributed by atoms with van der Waals surface area (Å²) in [5.41, 5.74) is 0.806. The van der Waals surface area contributed by atoms with Crippen LogP contribution in [0.5, 0.6) is 0 Å². The van der Waals surface area contributed by atoms with Gasteiger partial charge in [0.05, 0.1) is 18.4 Å². The van der Waals surface area contributed by atoms with Gasteiger partial charge in [0.1, 0.15) is 5.92 Å². The van der Waals surface area contributed by atoms with E-state index in [0.29, 0.717) is 0 Å². The summed E-state index contributed by atoms with van der Waals surface area (Å²) in [5.74, 6) is -1.28. The van der Waals surface area contributed by atoms with E-state index in [0.717, 1.165) is 5.56 Å². The Morgan fingerprint density at radius 3 is 2.35 bits per heavy atom. The largest absolute Gasteiger partial charge is 0.461 e. The highest BCUT2D eigenvalue weighted by molar-refractivity contribution is 5.94. The van der Waals surface area contributed by atoms with Gasteiger partial charge in [0.25, 0.3) is 0 Å². The first-order valence-electron chi connectivity index (χ1n) is 6.17. The molecule has 0 aliphatic rings. The maximum atomic E-state index is 12.1. The Labute approximate surface area is 116 Å². The summed E-state index contributed by atoms with van der Waals surface area (Å²) in [6.45, 7) is 0. The molecular weight excluding hydrogens is 252 g/mol. The van der Waals surface area contributed by atoms with Crippen LogP contribution in [0.4, 0.5) is 0 Å². The van der Waals surface area contributed by atoms with E-state index >= 15 is 0 Å². The van der Waals surface area contributed by atoms with Crippen molar-refractivity contribution in [2.45, 2.75) is 12.3 Å². The molecule has 0 amide bonds. The highest BCUT2D eigenvalue weighted by Crippen LogP contribution is 2.29. The van der Waals surface area contributed by atoms with E-state index in [1.807, 2.05) is 42.5 Å². The van der Waals surface area contributed by atoms with Gasteiger partial charge in [-0.2, -0.15) is 10.5 Å². The summed E-state index contributed by atoms with van der Waals surface area (Å²) < 4.78 is 5.06. The monoisotopic (exact) mass is 264 g/mol. The molecule has 0 aliphatic heterocycles. The van der Waals surface area contributed by atoms with E-state index in [1.54, 1.807) is 12.1 Å². The molecule has 20 heavy (non-hydrogen) atoms. The Kier molecular flexibility index (Phi) is 4.32. The molecule has 0 saturated heterocycles. The first-order chi connectivity index (χ1) is 9.76. The number of carbonyl (C=O) groups excluding carboxylic acids is 1. The molecule has 0 bridgehead atoms. The van der Waals surface area contributed by atoms with E-state index in [-0.39, 0.29) is 18.0 Å². The molecule has 1 aromatic heterocycles. The lowest BCUT2D eigenvalue weighted by Crippen LogP contribution is -2.14. The average molecular weight is 264 g/mol. The minimum absolute atomic E-state index is 0.0727. The van der Waals surface area contributed by atoms with Crippen LogP contribution in [0.1, 0.15) is 28.5 Å². The number of hydrogen-bond donors (Lipinski definition) is 0. The molecule has 0 fully saturated rings. The van der Waals surface area contributed by atoms with Gasteiger partial charge < -0.3 is 4.42 Å². The van der Waals surface area contributed by atoms with Gasteiger partial charge in [-0.25, -0.2) is 0 Å². The van der Waals surface area contributed by atoms with Crippen LogP contribution in [0.25, 0.3) is 0 Å². The minimum Gasteiger partial charge on any atom is -0.461 e. The Hall–Kier alpha value is -2.85. The van der Waals surface area contributed by atoms with Gasteiger partial charge in [-0.15, -0.1) is 0 Å². The third-order valence-electron chi connectivity index (χ3n) is 3.11. The fraction of sp³-hybridized carbons (Fsp3) is 0.188. The quantitative estimate of drug-likeness (QED) is 0.776. The lowest BCUT2D eigenvalue weighted by molar-refractivity contribution is 0.0943. The molecule has 0 N–H and O–H groups in total. The number of Topliss-reactive ketones (excluding diaryl/α,β-unsaturated/α-hetero) is 1. The summed E-state index contributed by atoms with van der Waals surface area (Å²) in [5, 5.41) is 18.2. The molecule has 2 rings (SSSR count). The average Bonchev–Trinajstić information content (AvgIpc) is 3.02. The molecule has 0 unspecified atom stereocenters. The van der Waals surface area contributed by atoms with Gasteiger partial charge in [-0.1, -0.05) is 30.3 Å². The number of nitrogens with zero attached hydrogens (tertiary/aromatic N) is 2. The van der Waals surface area contributed by atoms with E-state index < -0.39 is 11.8 Å². The van der Waals surface area contributed by atoms with Crippen molar-refractivity contribution in [3.8, 4) is 12.1 Å². The Balaban J connectivity index is 2.27. The number of nitriles is 2. The van der Waals surface area contributed by atoms with Gasteiger partial charge in [-0.3, -0.25) is 4.79 Å². The maximum Gasteiger partial charge on any atom is 0.198 e. The Bertz CT molecular complexity index is 634. The molecule has 0 aliphatic carbocycles. The summed E-state index contributed by atoms with van der Waals surface area (Å²) in [4.78, 5) is 12.1. The van der Waals surface area contributed by atoms with Gasteiger partial charge in [0.15, 0.2) is 11.5 Å². The lowest BCUT2D eigenvalue weighted by Gasteiger charge is -2.16. The summed E-state index contributed by atoms with van der Waals surface area (Å²) in [6, 6.07) is 16.3. The molecule has 98 valence electrons. The van der Waals surface area contributed by atoms with Crippen LogP contribution in [0.2, 0.25) is 0 Å². The van der Waals surface area contributed by atoms with Crippen LogP contribution in [-0.4, -0.2) is 5.78 Å². The SMILES string of the molecule is N#CC(C#N)[C@H](CC(=O)c1ccco1)c1ccccc1. The minimum atomic E-state index is -0.865. The Morgan fingerprint density at radius 1 is 1.10 bits per heavy atom. The van der Waals surface area contributed by atoms with Crippen LogP contribution in [-0.2, 0) is 0 Å². The second-order valence-corrected chi connectivity index (χ2v) is 4.36. The second kappa shape index (κ2) is 6.36. The number of benzene rings is 1. The molecule has 2 aromatic rings. The van der Waals surface area contributed by atoms with E-state index in [9.17, 15) is 4.79 Å². The summed E-state index contributed by atoms with van der Waals surface area (Å²) in [6.07, 6.45) is 1.50. The topological polar surface area (TPSA) is 77.8 Å². The van der Waals surface area contributed by atoms with Crippen LogP contribution < -0.4 is 0 Å². The zero-order valence-electron chi connectivity index (χ0n) is 10.7. The van der Waals surface area contributed by atoms with Gasteiger partial charge in [0, 0.05) is 12.3 Å². The maximum absolute atomic E-state index is 12.1. The number of carbonyl (C=O) groups is 1. The van der Waals surface area contributed by atoms with E-state index in [2.05, 4.69) is 0 Å². The van der Waals surface area contributed by atoms with Crippen LogP contribution in [0.3, 0.4) is 0 Å². The normalized spacial score (nSPS) is 11.6. The standard InChI is InChI=1S/C16H12N2O2/c17-10-13(11-18)14(12-5-2-1-3-6-12)9-15(19)16-7-4-8-20-16/h1-8,13-14H,9H2/t14-/m1/s1. The third-order valence-corrected chi connectivity index (χ3v) is 3.11. The summed E-state index contributed by atoms with van der Waals surface area (Å²) in [7, 11) is 0. The summed E-state index contributed by atoms with van der Waals surface area (Å²) >= 11 is 0. The molecule has 1 aromatic carbocycles. The number of rotatable bonds is 5. The first kappa shape index (κ1) is 13.6. The zero-order valence-corrected chi connectivity index (χ0v) is 10.7. The fourth-order valence-corrected chi connectivity index (χ4v) is 2.07. The van der Waals surface area contributed by atoms with Crippen LogP contribution >= 0.6 is 0 Å². The van der Waals surface area contributed by atoms with Crippen molar-refractivity contribution in [2.24, 2.45) is 5.92 Å². The van der Waals surface area contributed by atoms with Gasteiger partial charge in [0.2, 0.25) is 0 Å². The lowest BCUT2D eigenvalue weighted by atomic mass is 9.83. The zero-order chi connectivity index (χ0) is 14.4. The molecule has 4 nitrogen and oxygen atoms in total. The highest BCUT2D eigenvalue weighted by atomic mass is 16.3. The molecule has 1 heterocycles. The van der Waals surface area contributed by atoms with E-state index in [4.69, 9.17) is 14.9 Å². The van der Waals surface area contributed by atoms with Crippen LogP contribution in [0.15, 0.2) is 53.1 Å². The third kappa shape index (κ3) is 2.93. The molecular formula is C16H12N2O2. The highest BCUT2D eigenvalue weighted by Gasteiger charge is 2.26.